The van der Waals surface area contributed by atoms with Gasteiger partial charge in [0.2, 0.25) is 10.0 Å². The Hall–Kier alpha value is -1.06. The van der Waals surface area contributed by atoms with E-state index < -0.39 is 27.3 Å². The molecule has 1 heterocycles. The van der Waals surface area contributed by atoms with Crippen molar-refractivity contribution in [3.05, 3.63) is 44.6 Å². The molecule has 0 fully saturated rings. The van der Waals surface area contributed by atoms with Crippen LogP contribution in [-0.4, -0.2) is 18.5 Å². The van der Waals surface area contributed by atoms with Crippen molar-refractivity contribution >= 4 is 33.0 Å². The average molecular weight is 351 g/mol. The first kappa shape index (κ1) is 16.3. The van der Waals surface area contributed by atoms with Crippen molar-refractivity contribution in [3.8, 4) is 0 Å². The Morgan fingerprint density at radius 2 is 2.19 bits per heavy atom. The molecule has 0 saturated carbocycles. The van der Waals surface area contributed by atoms with E-state index in [1.165, 1.54) is 17.4 Å². The summed E-state index contributed by atoms with van der Waals surface area (Å²) in [6, 6.07) is 2.19. The first-order valence-electron chi connectivity index (χ1n) is 5.83. The zero-order chi connectivity index (χ0) is 15.6. The van der Waals surface area contributed by atoms with Crippen LogP contribution in [0.2, 0.25) is 5.02 Å². The molecule has 0 spiro atoms. The zero-order valence-corrected chi connectivity index (χ0v) is 13.3. The maximum atomic E-state index is 14.0. The number of aryl methyl sites for hydroxylation is 1. The SMILES string of the molecule is Cc1cnc(CNS(=O)(=O)c2cc(Cl)cc(CO)c2F)s1. The Morgan fingerprint density at radius 1 is 1.48 bits per heavy atom. The molecule has 0 bridgehead atoms. The van der Waals surface area contributed by atoms with E-state index in [1.54, 1.807) is 6.20 Å². The Kier molecular flexibility index (Phi) is 4.95. The molecule has 0 radical (unpaired) electrons. The van der Waals surface area contributed by atoms with Gasteiger partial charge in [-0.3, -0.25) is 0 Å². The van der Waals surface area contributed by atoms with Crippen LogP contribution in [-0.2, 0) is 23.2 Å². The summed E-state index contributed by atoms with van der Waals surface area (Å²) in [6.45, 7) is 1.17. The summed E-state index contributed by atoms with van der Waals surface area (Å²) >= 11 is 7.09. The smallest absolute Gasteiger partial charge is 0.243 e. The number of nitrogens with zero attached hydrogens (tertiary/aromatic N) is 1. The highest BCUT2D eigenvalue weighted by Crippen LogP contribution is 2.24. The lowest BCUT2D eigenvalue weighted by molar-refractivity contribution is 0.274. The Labute approximate surface area is 130 Å². The van der Waals surface area contributed by atoms with E-state index in [-0.39, 0.29) is 17.1 Å². The molecule has 1 aromatic carbocycles. The number of hydrogen-bond donors (Lipinski definition) is 2. The van der Waals surface area contributed by atoms with E-state index in [0.717, 1.165) is 10.9 Å². The van der Waals surface area contributed by atoms with Crippen LogP contribution < -0.4 is 4.72 Å². The van der Waals surface area contributed by atoms with Crippen molar-refractivity contribution in [2.45, 2.75) is 25.0 Å². The van der Waals surface area contributed by atoms with Gasteiger partial charge in [0.05, 0.1) is 13.2 Å². The molecular weight excluding hydrogens is 339 g/mol. The van der Waals surface area contributed by atoms with Crippen molar-refractivity contribution in [3.63, 3.8) is 0 Å². The minimum absolute atomic E-state index is 0.0333. The van der Waals surface area contributed by atoms with Gasteiger partial charge in [-0.2, -0.15) is 0 Å². The van der Waals surface area contributed by atoms with E-state index >= 15 is 0 Å². The van der Waals surface area contributed by atoms with E-state index in [9.17, 15) is 12.8 Å². The lowest BCUT2D eigenvalue weighted by Crippen LogP contribution is -2.24. The third-order valence-corrected chi connectivity index (χ3v) is 5.15. The zero-order valence-electron chi connectivity index (χ0n) is 10.9. The standard InChI is InChI=1S/C12H12ClFN2O3S2/c1-7-4-15-11(20-7)5-16-21(18,19)10-3-9(13)2-8(6-17)12(10)14/h2-4,16-17H,5-6H2,1H3. The summed E-state index contributed by atoms with van der Waals surface area (Å²) in [5.41, 5.74) is -0.173. The van der Waals surface area contributed by atoms with Crippen molar-refractivity contribution in [2.24, 2.45) is 0 Å². The molecule has 0 aliphatic carbocycles. The van der Waals surface area contributed by atoms with Crippen LogP contribution in [0.1, 0.15) is 15.4 Å². The Morgan fingerprint density at radius 3 is 2.76 bits per heavy atom. The minimum atomic E-state index is -4.09. The molecular formula is C12H12ClFN2O3S2. The molecule has 5 nitrogen and oxygen atoms in total. The van der Waals surface area contributed by atoms with Gasteiger partial charge in [0.15, 0.2) is 0 Å². The Balaban J connectivity index is 2.29. The van der Waals surface area contributed by atoms with Crippen molar-refractivity contribution in [1.82, 2.24) is 9.71 Å². The van der Waals surface area contributed by atoms with E-state index in [1.807, 2.05) is 6.92 Å². The molecule has 0 aliphatic rings. The van der Waals surface area contributed by atoms with Crippen LogP contribution in [0.3, 0.4) is 0 Å². The van der Waals surface area contributed by atoms with Crippen molar-refractivity contribution < 1.29 is 17.9 Å². The number of aromatic nitrogens is 1. The molecule has 114 valence electrons. The fraction of sp³-hybridized carbons (Fsp3) is 0.250. The van der Waals surface area contributed by atoms with E-state index in [0.29, 0.717) is 5.01 Å². The third-order valence-electron chi connectivity index (χ3n) is 2.62. The minimum Gasteiger partial charge on any atom is -0.392 e. The highest BCUT2D eigenvalue weighted by molar-refractivity contribution is 7.89. The van der Waals surface area contributed by atoms with Gasteiger partial charge in [0, 0.05) is 21.7 Å². The summed E-state index contributed by atoms with van der Waals surface area (Å²) in [5.74, 6) is -1.01. The van der Waals surface area contributed by atoms with Gasteiger partial charge < -0.3 is 5.11 Å². The number of rotatable bonds is 5. The normalized spacial score (nSPS) is 11.8. The number of benzene rings is 1. The topological polar surface area (TPSA) is 79.3 Å². The third kappa shape index (κ3) is 3.78. The highest BCUT2D eigenvalue weighted by atomic mass is 35.5. The van der Waals surface area contributed by atoms with E-state index in [4.69, 9.17) is 16.7 Å². The molecule has 0 atom stereocenters. The highest BCUT2D eigenvalue weighted by Gasteiger charge is 2.22. The summed E-state index contributed by atoms with van der Waals surface area (Å²) in [7, 11) is -4.09. The summed E-state index contributed by atoms with van der Waals surface area (Å²) < 4.78 is 40.6. The quantitative estimate of drug-likeness (QED) is 0.866. The second kappa shape index (κ2) is 6.37. The van der Waals surface area contributed by atoms with Crippen LogP contribution >= 0.6 is 22.9 Å². The fourth-order valence-corrected chi connectivity index (χ4v) is 3.90. The maximum absolute atomic E-state index is 14.0. The van der Waals surface area contributed by atoms with Gasteiger partial charge in [-0.1, -0.05) is 11.6 Å². The monoisotopic (exact) mass is 350 g/mol. The number of thiazole rings is 1. The average Bonchev–Trinajstić information content (AvgIpc) is 2.84. The molecule has 21 heavy (non-hydrogen) atoms. The van der Waals surface area contributed by atoms with Crippen LogP contribution in [0, 0.1) is 12.7 Å². The van der Waals surface area contributed by atoms with Gasteiger partial charge >= 0.3 is 0 Å². The second-order valence-electron chi connectivity index (χ2n) is 4.22. The Bertz CT molecular complexity index is 762. The first-order valence-corrected chi connectivity index (χ1v) is 8.51. The van der Waals surface area contributed by atoms with Crippen molar-refractivity contribution in [1.29, 1.82) is 0 Å². The van der Waals surface area contributed by atoms with Gasteiger partial charge in [-0.15, -0.1) is 11.3 Å². The fourth-order valence-electron chi connectivity index (χ4n) is 1.65. The lowest BCUT2D eigenvalue weighted by atomic mass is 10.2. The number of aliphatic hydroxyl groups is 1. The maximum Gasteiger partial charge on any atom is 0.243 e. The number of halogens is 2. The van der Waals surface area contributed by atoms with Crippen LogP contribution in [0.15, 0.2) is 23.2 Å². The molecule has 0 amide bonds. The number of hydrogen-bond acceptors (Lipinski definition) is 5. The van der Waals surface area contributed by atoms with Gasteiger partial charge in [0.1, 0.15) is 15.7 Å². The van der Waals surface area contributed by atoms with Crippen LogP contribution in [0.4, 0.5) is 4.39 Å². The molecule has 9 heteroatoms. The largest absolute Gasteiger partial charge is 0.392 e. The molecule has 0 unspecified atom stereocenters. The van der Waals surface area contributed by atoms with Crippen LogP contribution in [0.25, 0.3) is 0 Å². The second-order valence-corrected chi connectivity index (χ2v) is 7.72. The van der Waals surface area contributed by atoms with Gasteiger partial charge in [-0.05, 0) is 19.1 Å². The van der Waals surface area contributed by atoms with Gasteiger partial charge in [0.25, 0.3) is 0 Å². The molecule has 2 N–H and O–H groups in total. The van der Waals surface area contributed by atoms with E-state index in [2.05, 4.69) is 9.71 Å². The molecule has 0 saturated heterocycles. The number of aliphatic hydroxyl groups excluding tert-OH is 1. The molecule has 2 aromatic rings. The van der Waals surface area contributed by atoms with Crippen molar-refractivity contribution in [2.75, 3.05) is 0 Å². The molecule has 0 aliphatic heterocycles. The number of sulfonamides is 1. The van der Waals surface area contributed by atoms with Crippen LogP contribution in [0.5, 0.6) is 0 Å². The molecule has 2 rings (SSSR count). The summed E-state index contributed by atoms with van der Waals surface area (Å²) in [4.78, 5) is 4.37. The molecule has 1 aromatic heterocycles. The summed E-state index contributed by atoms with van der Waals surface area (Å²) in [5, 5.41) is 9.63. The first-order chi connectivity index (χ1) is 9.83. The predicted molar refractivity (Wildman–Crippen MR) is 78.2 cm³/mol. The van der Waals surface area contributed by atoms with Gasteiger partial charge in [-0.25, -0.2) is 22.5 Å². The summed E-state index contributed by atoms with van der Waals surface area (Å²) in [6.07, 6.45) is 1.62. The lowest BCUT2D eigenvalue weighted by Gasteiger charge is -2.09. The number of nitrogens with one attached hydrogen (secondary N) is 1. The predicted octanol–water partition coefficient (Wildman–Crippen LogP) is 2.21.